The second-order valence-corrected chi connectivity index (χ2v) is 3.39. The molecule has 3 nitrogen and oxygen atoms in total. The molecule has 1 atom stereocenters. The minimum absolute atomic E-state index is 0.188. The van der Waals surface area contributed by atoms with Gasteiger partial charge in [0.15, 0.2) is 0 Å². The van der Waals surface area contributed by atoms with Crippen molar-refractivity contribution < 1.29 is 14.6 Å². The van der Waals surface area contributed by atoms with Crippen LogP contribution in [0.4, 0.5) is 0 Å². The quantitative estimate of drug-likeness (QED) is 0.481. The van der Waals surface area contributed by atoms with E-state index in [1.807, 2.05) is 6.07 Å². The van der Waals surface area contributed by atoms with E-state index >= 15 is 0 Å². The number of hydrogen-bond donors (Lipinski definition) is 1. The van der Waals surface area contributed by atoms with E-state index in [0.29, 0.717) is 5.56 Å². The SMILES string of the molecule is C=C/C=C(/C(=O)OCC)[C@@H](O)c1ccccc1. The predicted octanol–water partition coefficient (Wildman–Crippen LogP) is 2.40. The number of rotatable bonds is 5. The first kappa shape index (κ1) is 13.2. The molecule has 0 aliphatic rings. The predicted molar refractivity (Wildman–Crippen MR) is 66.3 cm³/mol. The fourth-order valence-electron chi connectivity index (χ4n) is 1.43. The molecule has 0 radical (unpaired) electrons. The highest BCUT2D eigenvalue weighted by atomic mass is 16.5. The van der Waals surface area contributed by atoms with Gasteiger partial charge < -0.3 is 9.84 Å². The van der Waals surface area contributed by atoms with Crippen molar-refractivity contribution in [3.63, 3.8) is 0 Å². The third-order valence-corrected chi connectivity index (χ3v) is 2.22. The molecule has 0 amide bonds. The Balaban J connectivity index is 2.96. The van der Waals surface area contributed by atoms with Crippen molar-refractivity contribution in [1.82, 2.24) is 0 Å². The van der Waals surface area contributed by atoms with Gasteiger partial charge >= 0.3 is 5.97 Å². The maximum atomic E-state index is 11.6. The number of benzene rings is 1. The standard InChI is InChI=1S/C14H16O3/c1-3-8-12(14(16)17-4-2)13(15)11-9-6-5-7-10-11/h3,5-10,13,15H,1,4H2,2H3/b12-8+/t13-/m0/s1. The van der Waals surface area contributed by atoms with Crippen molar-refractivity contribution in [3.05, 3.63) is 60.2 Å². The van der Waals surface area contributed by atoms with Crippen molar-refractivity contribution in [1.29, 1.82) is 0 Å². The zero-order valence-corrected chi connectivity index (χ0v) is 9.80. The molecule has 0 bridgehead atoms. The minimum Gasteiger partial charge on any atom is -0.463 e. The van der Waals surface area contributed by atoms with Crippen LogP contribution in [0.1, 0.15) is 18.6 Å². The Hall–Kier alpha value is -1.87. The fraction of sp³-hybridized carbons (Fsp3) is 0.214. The third-order valence-electron chi connectivity index (χ3n) is 2.22. The van der Waals surface area contributed by atoms with Crippen molar-refractivity contribution in [2.24, 2.45) is 0 Å². The van der Waals surface area contributed by atoms with Gasteiger partial charge in [-0.15, -0.1) is 0 Å². The minimum atomic E-state index is -0.992. The van der Waals surface area contributed by atoms with Crippen LogP contribution >= 0.6 is 0 Å². The van der Waals surface area contributed by atoms with Gasteiger partial charge in [-0.3, -0.25) is 0 Å². The van der Waals surface area contributed by atoms with Gasteiger partial charge in [0.25, 0.3) is 0 Å². The van der Waals surface area contributed by atoms with Crippen LogP contribution in [-0.4, -0.2) is 17.7 Å². The molecular formula is C14H16O3. The molecule has 0 aliphatic carbocycles. The first-order chi connectivity index (χ1) is 8.20. The summed E-state index contributed by atoms with van der Waals surface area (Å²) < 4.78 is 4.88. The van der Waals surface area contributed by atoms with Crippen LogP contribution in [0.15, 0.2) is 54.6 Å². The molecule has 17 heavy (non-hydrogen) atoms. The van der Waals surface area contributed by atoms with Crippen LogP contribution < -0.4 is 0 Å². The van der Waals surface area contributed by atoms with E-state index in [4.69, 9.17) is 4.74 Å². The fourth-order valence-corrected chi connectivity index (χ4v) is 1.43. The summed E-state index contributed by atoms with van der Waals surface area (Å²) in [7, 11) is 0. The number of carbonyl (C=O) groups excluding carboxylic acids is 1. The molecular weight excluding hydrogens is 216 g/mol. The molecule has 0 saturated carbocycles. The summed E-state index contributed by atoms with van der Waals surface area (Å²) in [5, 5.41) is 10.1. The third kappa shape index (κ3) is 3.57. The lowest BCUT2D eigenvalue weighted by atomic mass is 10.0. The molecule has 0 unspecified atom stereocenters. The lowest BCUT2D eigenvalue weighted by molar-refractivity contribution is -0.139. The highest BCUT2D eigenvalue weighted by Crippen LogP contribution is 2.22. The average Bonchev–Trinajstić information content (AvgIpc) is 2.36. The van der Waals surface area contributed by atoms with Crippen LogP contribution in [0.25, 0.3) is 0 Å². The van der Waals surface area contributed by atoms with Crippen LogP contribution in [-0.2, 0) is 9.53 Å². The summed E-state index contributed by atoms with van der Waals surface area (Å²) in [6.07, 6.45) is 1.93. The molecule has 0 fully saturated rings. The Morgan fingerprint density at radius 3 is 2.65 bits per heavy atom. The van der Waals surface area contributed by atoms with Crippen LogP contribution in [0, 0.1) is 0 Å². The monoisotopic (exact) mass is 232 g/mol. The molecule has 0 spiro atoms. The van der Waals surface area contributed by atoms with Gasteiger partial charge in [-0.25, -0.2) is 4.79 Å². The summed E-state index contributed by atoms with van der Waals surface area (Å²) in [6, 6.07) is 8.95. The lowest BCUT2D eigenvalue weighted by Gasteiger charge is -2.13. The van der Waals surface area contributed by atoms with E-state index in [2.05, 4.69) is 6.58 Å². The van der Waals surface area contributed by atoms with E-state index in [0.717, 1.165) is 0 Å². The maximum absolute atomic E-state index is 11.6. The Kier molecular flexibility index (Phi) is 5.17. The first-order valence-corrected chi connectivity index (χ1v) is 5.43. The maximum Gasteiger partial charge on any atom is 0.337 e. The van der Waals surface area contributed by atoms with Gasteiger partial charge in [0, 0.05) is 0 Å². The average molecular weight is 232 g/mol. The van der Waals surface area contributed by atoms with Crippen LogP contribution in [0.5, 0.6) is 0 Å². The Labute approximate surface area is 101 Å². The Morgan fingerprint density at radius 2 is 2.12 bits per heavy atom. The molecule has 3 heteroatoms. The van der Waals surface area contributed by atoms with E-state index < -0.39 is 12.1 Å². The summed E-state index contributed by atoms with van der Waals surface area (Å²) in [5.74, 6) is -0.524. The summed E-state index contributed by atoms with van der Waals surface area (Å²) in [6.45, 7) is 5.52. The molecule has 1 N–H and O–H groups in total. The van der Waals surface area contributed by atoms with E-state index in [9.17, 15) is 9.90 Å². The topological polar surface area (TPSA) is 46.5 Å². The van der Waals surface area contributed by atoms with Gasteiger partial charge in [0.1, 0.15) is 6.10 Å². The summed E-state index contributed by atoms with van der Waals surface area (Å²) in [4.78, 5) is 11.6. The summed E-state index contributed by atoms with van der Waals surface area (Å²) >= 11 is 0. The normalized spacial score (nSPS) is 12.9. The van der Waals surface area contributed by atoms with Gasteiger partial charge in [0.05, 0.1) is 12.2 Å². The van der Waals surface area contributed by atoms with E-state index in [1.165, 1.54) is 12.2 Å². The molecule has 1 aromatic rings. The largest absolute Gasteiger partial charge is 0.463 e. The van der Waals surface area contributed by atoms with Gasteiger partial charge in [-0.05, 0) is 18.6 Å². The first-order valence-electron chi connectivity index (χ1n) is 5.43. The number of ether oxygens (including phenoxy) is 1. The van der Waals surface area contributed by atoms with Gasteiger partial charge in [0.2, 0.25) is 0 Å². The highest BCUT2D eigenvalue weighted by Gasteiger charge is 2.20. The van der Waals surface area contributed by atoms with Crippen molar-refractivity contribution in [2.75, 3.05) is 6.61 Å². The number of carbonyl (C=O) groups is 1. The van der Waals surface area contributed by atoms with Crippen molar-refractivity contribution >= 4 is 5.97 Å². The molecule has 0 aliphatic heterocycles. The lowest BCUT2D eigenvalue weighted by Crippen LogP contribution is -2.14. The zero-order valence-electron chi connectivity index (χ0n) is 9.80. The smallest absolute Gasteiger partial charge is 0.337 e. The molecule has 0 heterocycles. The number of esters is 1. The summed E-state index contributed by atoms with van der Waals surface area (Å²) in [5.41, 5.74) is 0.835. The zero-order chi connectivity index (χ0) is 12.7. The van der Waals surface area contributed by atoms with E-state index in [-0.39, 0.29) is 12.2 Å². The number of hydrogen-bond acceptors (Lipinski definition) is 3. The van der Waals surface area contributed by atoms with Crippen LogP contribution in [0.2, 0.25) is 0 Å². The molecule has 1 aromatic carbocycles. The van der Waals surface area contributed by atoms with Crippen LogP contribution in [0.3, 0.4) is 0 Å². The highest BCUT2D eigenvalue weighted by molar-refractivity contribution is 5.90. The molecule has 0 aromatic heterocycles. The molecule has 90 valence electrons. The Bertz CT molecular complexity index is 407. The van der Waals surface area contributed by atoms with E-state index in [1.54, 1.807) is 31.2 Å². The van der Waals surface area contributed by atoms with Gasteiger partial charge in [-0.2, -0.15) is 0 Å². The number of aliphatic hydroxyl groups excluding tert-OH is 1. The number of aliphatic hydroxyl groups is 1. The van der Waals surface area contributed by atoms with Crippen molar-refractivity contribution in [3.8, 4) is 0 Å². The second kappa shape index (κ2) is 6.66. The second-order valence-electron chi connectivity index (χ2n) is 3.39. The molecule has 0 saturated heterocycles. The van der Waals surface area contributed by atoms with Crippen molar-refractivity contribution in [2.45, 2.75) is 13.0 Å². The molecule has 1 rings (SSSR count). The number of allylic oxidation sites excluding steroid dienone is 2. The van der Waals surface area contributed by atoms with Gasteiger partial charge in [-0.1, -0.05) is 43.0 Å². The Morgan fingerprint density at radius 1 is 1.47 bits per heavy atom.